The zero-order chi connectivity index (χ0) is 18.4. The smallest absolute Gasteiger partial charge is 0.188 e. The van der Waals surface area contributed by atoms with Crippen LogP contribution in [0.25, 0.3) is 0 Å². The van der Waals surface area contributed by atoms with Gasteiger partial charge >= 0.3 is 12.4 Å². The topological polar surface area (TPSA) is 3.01 Å². The minimum absolute atomic E-state index is 0.137. The predicted molar refractivity (Wildman–Crippen MR) is 83.4 cm³/mol. The average molecular weight is 376 g/mol. The quantitative estimate of drug-likeness (QED) is 0.445. The molecule has 0 bridgehead atoms. The Hall–Kier alpha value is -1.96. The Morgan fingerprint density at radius 2 is 1.52 bits per heavy atom. The van der Waals surface area contributed by atoms with Crippen LogP contribution in [0.4, 0.5) is 32.0 Å². The molecule has 2 aromatic rings. The van der Waals surface area contributed by atoms with Gasteiger partial charge in [0.25, 0.3) is 0 Å². The maximum absolute atomic E-state index is 13.0. The second kappa shape index (κ2) is 6.09. The highest BCUT2D eigenvalue weighted by Gasteiger charge is 2.38. The molecule has 0 saturated heterocycles. The van der Waals surface area contributed by atoms with Gasteiger partial charge in [-0.15, -0.1) is 0 Å². The summed E-state index contributed by atoms with van der Waals surface area (Å²) in [4.78, 5) is 0.974. The van der Waals surface area contributed by atoms with Gasteiger partial charge in [0.05, 0.1) is 16.7 Å². The van der Waals surface area contributed by atoms with Crippen molar-refractivity contribution in [3.8, 4) is 0 Å². The number of aryl methyl sites for hydroxylation is 1. The van der Waals surface area contributed by atoms with Crippen LogP contribution in [0, 0.1) is 6.92 Å². The lowest BCUT2D eigenvalue weighted by molar-refractivity contribution is -0.411. The van der Waals surface area contributed by atoms with Crippen molar-refractivity contribution in [1.82, 2.24) is 0 Å². The average Bonchev–Trinajstić information content (AvgIpc) is 2.53. The van der Waals surface area contributed by atoms with Crippen LogP contribution >= 0.6 is 11.8 Å². The highest BCUT2D eigenvalue weighted by Crippen LogP contribution is 2.39. The molecular weight excluding hydrogens is 364 g/mol. The van der Waals surface area contributed by atoms with Crippen molar-refractivity contribution in [1.29, 1.82) is 0 Å². The van der Waals surface area contributed by atoms with E-state index >= 15 is 0 Å². The summed E-state index contributed by atoms with van der Waals surface area (Å²) in [6.07, 6.45) is -8.13. The predicted octanol–water partition coefficient (Wildman–Crippen LogP) is 5.86. The molecule has 0 saturated carbocycles. The van der Waals surface area contributed by atoms with Crippen LogP contribution in [0.1, 0.15) is 22.3 Å². The molecule has 1 nitrogen and oxygen atoms in total. The zero-order valence-corrected chi connectivity index (χ0v) is 13.7. The van der Waals surface area contributed by atoms with Crippen LogP contribution in [-0.4, -0.2) is 16.7 Å². The van der Waals surface area contributed by atoms with Gasteiger partial charge in [0, 0.05) is 17.0 Å². The van der Waals surface area contributed by atoms with Crippen molar-refractivity contribution in [3.05, 3.63) is 58.7 Å². The monoisotopic (exact) mass is 376 g/mol. The van der Waals surface area contributed by atoms with Gasteiger partial charge in [0.2, 0.25) is 5.69 Å². The summed E-state index contributed by atoms with van der Waals surface area (Å²) < 4.78 is 79.4. The van der Waals surface area contributed by atoms with E-state index in [4.69, 9.17) is 0 Å². The van der Waals surface area contributed by atoms with Crippen molar-refractivity contribution in [2.24, 2.45) is 0 Å². The molecule has 0 spiro atoms. The minimum Gasteiger partial charge on any atom is -0.188 e. The molecule has 1 aliphatic rings. The van der Waals surface area contributed by atoms with Crippen molar-refractivity contribution < 1.29 is 30.9 Å². The van der Waals surface area contributed by atoms with E-state index < -0.39 is 23.5 Å². The molecule has 0 N–H and O–H groups in total. The Kier molecular flexibility index (Phi) is 4.35. The van der Waals surface area contributed by atoms with E-state index in [2.05, 4.69) is 0 Å². The van der Waals surface area contributed by atoms with Gasteiger partial charge in [-0.2, -0.15) is 30.9 Å². The summed E-state index contributed by atoms with van der Waals surface area (Å²) in [6.45, 7) is 1.90. The van der Waals surface area contributed by atoms with Gasteiger partial charge in [0.15, 0.2) is 12.1 Å². The summed E-state index contributed by atoms with van der Waals surface area (Å²) >= 11 is 1.38. The molecule has 0 atom stereocenters. The van der Waals surface area contributed by atoms with E-state index in [1.807, 2.05) is 13.0 Å². The largest absolute Gasteiger partial charge is 0.416 e. The Morgan fingerprint density at radius 3 is 2.08 bits per heavy atom. The number of nitrogens with zero attached hydrogens (tertiary/aromatic N) is 1. The number of alkyl halides is 6. The number of thioether (sulfide) groups is 1. The number of halogens is 6. The van der Waals surface area contributed by atoms with Crippen molar-refractivity contribution in [2.45, 2.75) is 24.2 Å². The fraction of sp³-hybridized carbons (Fsp3) is 0.235. The molecule has 0 fully saturated rings. The highest BCUT2D eigenvalue weighted by molar-refractivity contribution is 7.99. The molecule has 0 aromatic heterocycles. The first-order valence-corrected chi connectivity index (χ1v) is 8.18. The Labute approximate surface area is 144 Å². The van der Waals surface area contributed by atoms with Crippen molar-refractivity contribution >= 4 is 23.7 Å². The van der Waals surface area contributed by atoms with Gasteiger partial charge in [-0.1, -0.05) is 23.9 Å². The summed E-state index contributed by atoms with van der Waals surface area (Å²) in [5.41, 5.74) is -0.987. The third-order valence-electron chi connectivity index (χ3n) is 3.79. The van der Waals surface area contributed by atoms with Gasteiger partial charge in [0.1, 0.15) is 0 Å². The van der Waals surface area contributed by atoms with E-state index in [1.54, 1.807) is 18.3 Å². The molecule has 3 rings (SSSR count). The normalized spacial score (nSPS) is 14.9. The Bertz CT molecular complexity index is 819. The Morgan fingerprint density at radius 1 is 0.920 bits per heavy atom. The van der Waals surface area contributed by atoms with E-state index in [9.17, 15) is 26.3 Å². The van der Waals surface area contributed by atoms with Crippen LogP contribution in [0.5, 0.6) is 0 Å². The molecule has 8 heteroatoms. The van der Waals surface area contributed by atoms with Crippen LogP contribution in [0.15, 0.2) is 41.3 Å². The lowest BCUT2D eigenvalue weighted by Crippen LogP contribution is -2.16. The first kappa shape index (κ1) is 17.8. The van der Waals surface area contributed by atoms with Crippen molar-refractivity contribution in [3.63, 3.8) is 0 Å². The molecular formula is C17H12F6NS+. The third kappa shape index (κ3) is 3.68. The number of hydrogen-bond donors (Lipinski definition) is 0. The van der Waals surface area contributed by atoms with Crippen LogP contribution in [0.3, 0.4) is 0 Å². The molecule has 132 valence electrons. The molecule has 0 amide bonds. The second-order valence-corrected chi connectivity index (χ2v) is 6.58. The highest BCUT2D eigenvalue weighted by atomic mass is 32.2. The molecule has 0 unspecified atom stereocenters. The van der Waals surface area contributed by atoms with Crippen LogP contribution in [-0.2, 0) is 12.4 Å². The molecule has 0 radical (unpaired) electrons. The van der Waals surface area contributed by atoms with Gasteiger partial charge in [-0.05, 0) is 24.6 Å². The number of rotatable bonds is 1. The second-order valence-electron chi connectivity index (χ2n) is 5.63. The summed E-state index contributed by atoms with van der Waals surface area (Å²) in [6, 6.07) is 7.10. The van der Waals surface area contributed by atoms with Crippen LogP contribution in [0.2, 0.25) is 0 Å². The summed E-state index contributed by atoms with van der Waals surface area (Å²) in [5, 5.41) is 0. The first-order chi connectivity index (χ1) is 11.6. The SMILES string of the molecule is Cc1cccc2c1SC[N+](c1cc(C(F)(F)F)cc(C(F)(F)F)c1)=C2. The Balaban J connectivity index is 2.14. The maximum Gasteiger partial charge on any atom is 0.416 e. The summed E-state index contributed by atoms with van der Waals surface area (Å²) in [5.74, 6) is 0.233. The lowest BCUT2D eigenvalue weighted by atomic mass is 10.1. The summed E-state index contributed by atoms with van der Waals surface area (Å²) in [7, 11) is 0. The number of fused-ring (bicyclic) bond motifs is 1. The molecule has 2 aromatic carbocycles. The molecule has 1 aliphatic heterocycles. The van der Waals surface area contributed by atoms with E-state index in [-0.39, 0.29) is 17.6 Å². The van der Waals surface area contributed by atoms with Gasteiger partial charge in [-0.25, -0.2) is 0 Å². The fourth-order valence-corrected chi connectivity index (χ4v) is 3.64. The lowest BCUT2D eigenvalue weighted by Gasteiger charge is -2.16. The van der Waals surface area contributed by atoms with E-state index in [0.29, 0.717) is 0 Å². The first-order valence-electron chi connectivity index (χ1n) is 7.19. The third-order valence-corrected chi connectivity index (χ3v) is 5.04. The van der Waals surface area contributed by atoms with Crippen LogP contribution < -0.4 is 0 Å². The van der Waals surface area contributed by atoms with E-state index in [1.165, 1.54) is 16.3 Å². The molecule has 1 heterocycles. The van der Waals surface area contributed by atoms with Crippen molar-refractivity contribution in [2.75, 3.05) is 5.88 Å². The van der Waals surface area contributed by atoms with E-state index in [0.717, 1.165) is 28.2 Å². The molecule has 25 heavy (non-hydrogen) atoms. The maximum atomic E-state index is 13.0. The fourth-order valence-electron chi connectivity index (χ4n) is 2.57. The standard InChI is InChI=1S/C17H12F6NS/c1-10-3-2-4-11-8-24(9-25-15(10)11)14-6-12(16(18,19)20)5-13(7-14)17(21,22)23/h2-8H,9H2,1H3/q+1. The minimum atomic E-state index is -4.85. The number of hydrogen-bond acceptors (Lipinski definition) is 1. The van der Waals surface area contributed by atoms with Gasteiger partial charge < -0.3 is 0 Å². The van der Waals surface area contributed by atoms with Gasteiger partial charge in [-0.3, -0.25) is 0 Å². The molecule has 0 aliphatic carbocycles. The zero-order valence-electron chi connectivity index (χ0n) is 12.9. The number of benzene rings is 2.